The predicted octanol–water partition coefficient (Wildman–Crippen LogP) is 5.17. The van der Waals surface area contributed by atoms with Gasteiger partial charge in [-0.2, -0.15) is 0 Å². The van der Waals surface area contributed by atoms with E-state index in [1.165, 1.54) is 6.42 Å². The third-order valence-electron chi connectivity index (χ3n) is 8.03. The quantitative estimate of drug-likeness (QED) is 0.356. The molecule has 2 unspecified atom stereocenters. The lowest BCUT2D eigenvalue weighted by Crippen LogP contribution is -2.50. The number of anilines is 2. The molecule has 0 saturated heterocycles. The summed E-state index contributed by atoms with van der Waals surface area (Å²) in [4.78, 5) is 42.1. The van der Waals surface area contributed by atoms with Crippen molar-refractivity contribution in [2.45, 2.75) is 70.7 Å². The second-order valence-corrected chi connectivity index (χ2v) is 10.9. The highest BCUT2D eigenvalue weighted by atomic mass is 16.5. The molecule has 2 atom stereocenters. The third kappa shape index (κ3) is 6.77. The van der Waals surface area contributed by atoms with Gasteiger partial charge in [0.2, 0.25) is 5.91 Å². The van der Waals surface area contributed by atoms with Gasteiger partial charge in [-0.15, -0.1) is 0 Å². The minimum atomic E-state index is -0.767. The Hall–Kier alpha value is -4.17. The molecule has 4 N–H and O–H groups in total. The lowest BCUT2D eigenvalue weighted by molar-refractivity contribution is -0.125. The van der Waals surface area contributed by atoms with Gasteiger partial charge < -0.3 is 26.0 Å². The second-order valence-electron chi connectivity index (χ2n) is 10.9. The van der Waals surface area contributed by atoms with Crippen LogP contribution in [0.5, 0.6) is 5.75 Å². The van der Waals surface area contributed by atoms with Crippen LogP contribution in [0.25, 0.3) is 0 Å². The summed E-state index contributed by atoms with van der Waals surface area (Å²) >= 11 is 0. The van der Waals surface area contributed by atoms with Crippen molar-refractivity contribution in [3.05, 3.63) is 89.5 Å². The van der Waals surface area contributed by atoms with Gasteiger partial charge in [-0.3, -0.25) is 14.4 Å². The maximum absolute atomic E-state index is 14.1. The normalized spacial score (nSPS) is 18.0. The number of carbonyl (C=O) groups is 3. The Balaban J connectivity index is 1.43. The first-order chi connectivity index (χ1) is 19.9. The van der Waals surface area contributed by atoms with Crippen LogP contribution in [-0.4, -0.2) is 29.9 Å². The van der Waals surface area contributed by atoms with Crippen molar-refractivity contribution in [3.8, 4) is 5.75 Å². The van der Waals surface area contributed by atoms with Crippen LogP contribution in [0.4, 0.5) is 11.4 Å². The monoisotopic (exact) mass is 554 g/mol. The van der Waals surface area contributed by atoms with Gasteiger partial charge in [0.15, 0.2) is 6.10 Å². The molecule has 1 heterocycles. The van der Waals surface area contributed by atoms with Gasteiger partial charge in [-0.1, -0.05) is 61.7 Å². The number of carbonyl (C=O) groups excluding carboxylic acids is 3. The Kier molecular flexibility index (Phi) is 8.99. The Labute approximate surface area is 241 Å². The predicted molar refractivity (Wildman–Crippen MR) is 160 cm³/mol. The van der Waals surface area contributed by atoms with E-state index in [0.717, 1.165) is 36.8 Å². The summed E-state index contributed by atoms with van der Waals surface area (Å²) < 4.78 is 6.03. The number of nitrogens with one attached hydrogen (secondary N) is 2. The Morgan fingerprint density at radius 2 is 1.76 bits per heavy atom. The summed E-state index contributed by atoms with van der Waals surface area (Å²) in [5, 5.41) is 5.93. The number of hydrogen-bond donors (Lipinski definition) is 3. The SMILES string of the molecule is CC(Oc1ccccc1)C(=O)N1c2ccc(C(=O)NCc3cccc(CN)c3)cc2NC(=O)CC1C1CCCCC1. The number of benzene rings is 3. The maximum Gasteiger partial charge on any atom is 0.268 e. The van der Waals surface area contributed by atoms with E-state index < -0.39 is 6.10 Å². The molecule has 8 nitrogen and oxygen atoms in total. The molecule has 41 heavy (non-hydrogen) atoms. The largest absolute Gasteiger partial charge is 0.481 e. The van der Waals surface area contributed by atoms with Crippen LogP contribution < -0.4 is 26.0 Å². The van der Waals surface area contributed by atoms with Crippen molar-refractivity contribution in [2.75, 3.05) is 10.2 Å². The molecule has 1 fully saturated rings. The lowest BCUT2D eigenvalue weighted by Gasteiger charge is -2.38. The zero-order valence-corrected chi connectivity index (χ0v) is 23.5. The smallest absolute Gasteiger partial charge is 0.268 e. The number of amides is 3. The first-order valence-corrected chi connectivity index (χ1v) is 14.5. The standard InChI is InChI=1S/C33H38N4O4/c1-22(41-27-13-6-3-7-14-27)33(40)37-29-16-15-26(32(39)35-21-24-10-8-9-23(17-24)20-34)18-28(29)36-31(38)19-30(37)25-11-4-2-5-12-25/h3,6-10,13-18,22,25,30H,2,4-5,11-12,19-21,34H2,1H3,(H,35,39)(H,36,38). The highest BCUT2D eigenvalue weighted by Crippen LogP contribution is 2.39. The minimum Gasteiger partial charge on any atom is -0.481 e. The summed E-state index contributed by atoms with van der Waals surface area (Å²) in [7, 11) is 0. The molecule has 0 aromatic heterocycles. The van der Waals surface area contributed by atoms with E-state index in [-0.39, 0.29) is 36.1 Å². The van der Waals surface area contributed by atoms with E-state index in [4.69, 9.17) is 10.5 Å². The van der Waals surface area contributed by atoms with Crippen molar-refractivity contribution in [3.63, 3.8) is 0 Å². The van der Waals surface area contributed by atoms with Crippen molar-refractivity contribution >= 4 is 29.1 Å². The third-order valence-corrected chi connectivity index (χ3v) is 8.03. The Morgan fingerprint density at radius 3 is 2.51 bits per heavy atom. The number of para-hydroxylation sites is 1. The average molecular weight is 555 g/mol. The topological polar surface area (TPSA) is 114 Å². The highest BCUT2D eigenvalue weighted by Gasteiger charge is 2.39. The molecule has 0 radical (unpaired) electrons. The van der Waals surface area contributed by atoms with Crippen LogP contribution in [0.1, 0.15) is 66.9 Å². The fraction of sp³-hybridized carbons (Fsp3) is 0.364. The van der Waals surface area contributed by atoms with Crippen molar-refractivity contribution in [1.29, 1.82) is 0 Å². The van der Waals surface area contributed by atoms with Gasteiger partial charge in [0.1, 0.15) is 5.75 Å². The number of hydrogen-bond acceptors (Lipinski definition) is 5. The van der Waals surface area contributed by atoms with Gasteiger partial charge in [0.25, 0.3) is 11.8 Å². The molecule has 0 bridgehead atoms. The van der Waals surface area contributed by atoms with E-state index in [9.17, 15) is 14.4 Å². The molecule has 0 spiro atoms. The van der Waals surface area contributed by atoms with Gasteiger partial charge in [0.05, 0.1) is 11.4 Å². The minimum absolute atomic E-state index is 0.162. The molecule has 1 aliphatic heterocycles. The molecule has 3 aromatic carbocycles. The molecule has 3 amide bonds. The molecule has 1 saturated carbocycles. The fourth-order valence-electron chi connectivity index (χ4n) is 5.93. The molecule has 1 aliphatic carbocycles. The molecule has 214 valence electrons. The van der Waals surface area contributed by atoms with Gasteiger partial charge in [0, 0.05) is 31.1 Å². The van der Waals surface area contributed by atoms with Crippen LogP contribution >= 0.6 is 0 Å². The summed E-state index contributed by atoms with van der Waals surface area (Å²) in [6.45, 7) is 2.52. The second kappa shape index (κ2) is 13.0. The van der Waals surface area contributed by atoms with Crippen LogP contribution in [0.15, 0.2) is 72.8 Å². The first kappa shape index (κ1) is 28.4. The van der Waals surface area contributed by atoms with Crippen LogP contribution in [0.3, 0.4) is 0 Å². The van der Waals surface area contributed by atoms with E-state index >= 15 is 0 Å². The zero-order chi connectivity index (χ0) is 28.8. The molecule has 2 aliphatic rings. The molecular weight excluding hydrogens is 516 g/mol. The Morgan fingerprint density at radius 1 is 1.00 bits per heavy atom. The number of ether oxygens (including phenoxy) is 1. The van der Waals surface area contributed by atoms with Crippen molar-refractivity contribution in [2.24, 2.45) is 11.7 Å². The van der Waals surface area contributed by atoms with E-state index in [1.54, 1.807) is 30.0 Å². The van der Waals surface area contributed by atoms with Crippen LogP contribution in [0.2, 0.25) is 0 Å². The van der Waals surface area contributed by atoms with Crippen LogP contribution in [-0.2, 0) is 22.7 Å². The highest BCUT2D eigenvalue weighted by molar-refractivity contribution is 6.07. The van der Waals surface area contributed by atoms with Gasteiger partial charge in [-0.05, 0) is 67.1 Å². The number of rotatable bonds is 8. The van der Waals surface area contributed by atoms with Gasteiger partial charge in [-0.25, -0.2) is 0 Å². The summed E-state index contributed by atoms with van der Waals surface area (Å²) in [6.07, 6.45) is 4.71. The van der Waals surface area contributed by atoms with Gasteiger partial charge >= 0.3 is 0 Å². The van der Waals surface area contributed by atoms with Crippen molar-refractivity contribution in [1.82, 2.24) is 5.32 Å². The summed E-state index contributed by atoms with van der Waals surface area (Å²) in [5.74, 6) is 0.174. The molecule has 5 rings (SSSR count). The number of fused-ring (bicyclic) bond motifs is 1. The molecule has 8 heteroatoms. The maximum atomic E-state index is 14.1. The summed E-state index contributed by atoms with van der Waals surface area (Å²) in [6, 6.07) is 21.9. The van der Waals surface area contributed by atoms with E-state index in [1.807, 2.05) is 54.6 Å². The molecular formula is C33H38N4O4. The Bertz CT molecular complexity index is 1390. The van der Waals surface area contributed by atoms with E-state index in [0.29, 0.717) is 35.8 Å². The zero-order valence-electron chi connectivity index (χ0n) is 23.5. The lowest BCUT2D eigenvalue weighted by atomic mass is 9.81. The van der Waals surface area contributed by atoms with Crippen molar-refractivity contribution < 1.29 is 19.1 Å². The average Bonchev–Trinajstić information content (AvgIpc) is 3.15. The first-order valence-electron chi connectivity index (χ1n) is 14.5. The van der Waals surface area contributed by atoms with Crippen LogP contribution in [0, 0.1) is 5.92 Å². The number of nitrogens with two attached hydrogens (primary N) is 1. The summed E-state index contributed by atoms with van der Waals surface area (Å²) in [5.41, 5.74) is 9.12. The van der Waals surface area contributed by atoms with E-state index in [2.05, 4.69) is 10.6 Å². The number of nitrogens with zero attached hydrogens (tertiary/aromatic N) is 1. The fourth-order valence-corrected chi connectivity index (χ4v) is 5.93. The molecule has 3 aromatic rings.